The van der Waals surface area contributed by atoms with E-state index in [0.29, 0.717) is 6.42 Å². The topological polar surface area (TPSA) is 29.4 Å². The van der Waals surface area contributed by atoms with E-state index in [-0.39, 0.29) is 0 Å². The van der Waals surface area contributed by atoms with E-state index in [1.54, 1.807) is 6.08 Å². The maximum absolute atomic E-state index is 10.3. The third-order valence-electron chi connectivity index (χ3n) is 1.59. The zero-order chi connectivity index (χ0) is 8.04. The number of rotatable bonds is 5. The van der Waals surface area contributed by atoms with E-state index < -0.39 is 5.54 Å². The zero-order valence-corrected chi connectivity index (χ0v) is 6.76. The Labute approximate surface area is 62.3 Å². The molecule has 58 valence electrons. The Bertz CT molecular complexity index is 122. The molecule has 0 fully saturated rings. The third-order valence-corrected chi connectivity index (χ3v) is 1.59. The fourth-order valence-electron chi connectivity index (χ4n) is 1.03. The Kier molecular flexibility index (Phi) is 3.93. The van der Waals surface area contributed by atoms with Crippen LogP contribution in [0.3, 0.4) is 0 Å². The van der Waals surface area contributed by atoms with Gasteiger partial charge in [0.25, 0.3) is 0 Å². The Morgan fingerprint density at radius 3 is 2.60 bits per heavy atom. The van der Waals surface area contributed by atoms with Gasteiger partial charge < -0.3 is 0 Å². The predicted molar refractivity (Wildman–Crippen MR) is 43.9 cm³/mol. The highest BCUT2D eigenvalue weighted by molar-refractivity contribution is 4.89. The van der Waals surface area contributed by atoms with Crippen LogP contribution in [0.1, 0.15) is 33.1 Å². The molecule has 10 heavy (non-hydrogen) atoms. The molecule has 0 bridgehead atoms. The predicted octanol–water partition coefficient (Wildman–Crippen LogP) is 2.89. The third kappa shape index (κ3) is 2.76. The molecule has 1 atom stereocenters. The monoisotopic (exact) mass is 141 g/mol. The number of nitroso groups, excluding NO2 is 1. The van der Waals surface area contributed by atoms with Crippen molar-refractivity contribution < 1.29 is 0 Å². The van der Waals surface area contributed by atoms with Gasteiger partial charge in [-0.1, -0.05) is 24.6 Å². The van der Waals surface area contributed by atoms with Gasteiger partial charge in [0.05, 0.1) is 0 Å². The first-order chi connectivity index (χ1) is 4.68. The van der Waals surface area contributed by atoms with Gasteiger partial charge in [0, 0.05) is 0 Å². The minimum absolute atomic E-state index is 0.406. The Hall–Kier alpha value is -0.660. The highest BCUT2D eigenvalue weighted by Crippen LogP contribution is 2.21. The summed E-state index contributed by atoms with van der Waals surface area (Å²) in [7, 11) is 0. The standard InChI is InChI=1S/C8H15NO/c1-4-6-8(3,9-10)7-5-2/h4H,1,5-7H2,2-3H3. The van der Waals surface area contributed by atoms with Crippen molar-refractivity contribution >= 4 is 0 Å². The van der Waals surface area contributed by atoms with E-state index in [1.165, 1.54) is 0 Å². The average molecular weight is 141 g/mol. The molecule has 0 aromatic rings. The highest BCUT2D eigenvalue weighted by Gasteiger charge is 2.21. The van der Waals surface area contributed by atoms with Crippen molar-refractivity contribution in [1.82, 2.24) is 0 Å². The van der Waals surface area contributed by atoms with E-state index in [2.05, 4.69) is 11.8 Å². The van der Waals surface area contributed by atoms with Crippen molar-refractivity contribution in [2.24, 2.45) is 5.18 Å². The fourth-order valence-corrected chi connectivity index (χ4v) is 1.03. The quantitative estimate of drug-likeness (QED) is 0.427. The molecule has 0 heterocycles. The van der Waals surface area contributed by atoms with Crippen molar-refractivity contribution in [3.63, 3.8) is 0 Å². The van der Waals surface area contributed by atoms with E-state index in [1.807, 2.05) is 13.8 Å². The summed E-state index contributed by atoms with van der Waals surface area (Å²) in [5, 5.41) is 3.08. The largest absolute Gasteiger partial charge is 0.150 e. The summed E-state index contributed by atoms with van der Waals surface area (Å²) in [6.07, 6.45) is 4.28. The van der Waals surface area contributed by atoms with Gasteiger partial charge in [-0.25, -0.2) is 0 Å². The molecule has 2 nitrogen and oxygen atoms in total. The molecule has 0 amide bonds. The van der Waals surface area contributed by atoms with Crippen LogP contribution < -0.4 is 0 Å². The van der Waals surface area contributed by atoms with Crippen molar-refractivity contribution in [1.29, 1.82) is 0 Å². The van der Waals surface area contributed by atoms with Gasteiger partial charge in [-0.15, -0.1) is 6.58 Å². The summed E-state index contributed by atoms with van der Waals surface area (Å²) in [5.41, 5.74) is -0.406. The summed E-state index contributed by atoms with van der Waals surface area (Å²) in [5.74, 6) is 0. The molecule has 0 spiro atoms. The Morgan fingerprint density at radius 1 is 1.70 bits per heavy atom. The molecule has 0 saturated carbocycles. The van der Waals surface area contributed by atoms with Gasteiger partial charge in [0.15, 0.2) is 0 Å². The SMILES string of the molecule is C=CCC(C)(CCC)N=O. The molecule has 0 N–H and O–H groups in total. The number of nitrogens with zero attached hydrogens (tertiary/aromatic N) is 1. The molecule has 0 aliphatic rings. The summed E-state index contributed by atoms with van der Waals surface area (Å²) in [6, 6.07) is 0. The lowest BCUT2D eigenvalue weighted by molar-refractivity contribution is 0.432. The minimum Gasteiger partial charge on any atom is -0.150 e. The fraction of sp³-hybridized carbons (Fsp3) is 0.750. The van der Waals surface area contributed by atoms with Crippen molar-refractivity contribution in [2.75, 3.05) is 0 Å². The van der Waals surface area contributed by atoms with E-state index in [9.17, 15) is 4.91 Å². The van der Waals surface area contributed by atoms with Crippen molar-refractivity contribution in [2.45, 2.75) is 38.6 Å². The average Bonchev–Trinajstić information content (AvgIpc) is 1.89. The molecule has 0 aromatic heterocycles. The molecule has 0 radical (unpaired) electrons. The van der Waals surface area contributed by atoms with Crippen LogP contribution in [0, 0.1) is 4.91 Å². The first-order valence-corrected chi connectivity index (χ1v) is 3.64. The van der Waals surface area contributed by atoms with Crippen LogP contribution >= 0.6 is 0 Å². The van der Waals surface area contributed by atoms with Gasteiger partial charge in [0.1, 0.15) is 5.54 Å². The second-order valence-corrected chi connectivity index (χ2v) is 2.83. The van der Waals surface area contributed by atoms with Crippen molar-refractivity contribution in [3.8, 4) is 0 Å². The molecule has 2 heteroatoms. The lowest BCUT2D eigenvalue weighted by Crippen LogP contribution is -2.19. The lowest BCUT2D eigenvalue weighted by Gasteiger charge is -2.17. The number of hydrogen-bond acceptors (Lipinski definition) is 2. The maximum atomic E-state index is 10.3. The smallest absolute Gasteiger partial charge is 0.103 e. The van der Waals surface area contributed by atoms with Crippen LogP contribution in [0.5, 0.6) is 0 Å². The summed E-state index contributed by atoms with van der Waals surface area (Å²) in [6.45, 7) is 7.49. The summed E-state index contributed by atoms with van der Waals surface area (Å²) < 4.78 is 0. The summed E-state index contributed by atoms with van der Waals surface area (Å²) in [4.78, 5) is 10.3. The second-order valence-electron chi connectivity index (χ2n) is 2.83. The molecule has 1 unspecified atom stereocenters. The zero-order valence-electron chi connectivity index (χ0n) is 6.76. The molecular formula is C8H15NO. The Morgan fingerprint density at radius 2 is 2.30 bits per heavy atom. The molecular weight excluding hydrogens is 126 g/mol. The van der Waals surface area contributed by atoms with Crippen LogP contribution in [-0.4, -0.2) is 5.54 Å². The molecule has 0 rings (SSSR count). The molecule has 0 aliphatic heterocycles. The van der Waals surface area contributed by atoms with E-state index in [0.717, 1.165) is 12.8 Å². The normalized spacial score (nSPS) is 15.8. The van der Waals surface area contributed by atoms with Gasteiger partial charge in [0.2, 0.25) is 0 Å². The van der Waals surface area contributed by atoms with Crippen LogP contribution in [-0.2, 0) is 0 Å². The van der Waals surface area contributed by atoms with Crippen molar-refractivity contribution in [3.05, 3.63) is 17.6 Å². The first kappa shape index (κ1) is 9.34. The van der Waals surface area contributed by atoms with Gasteiger partial charge >= 0.3 is 0 Å². The summed E-state index contributed by atoms with van der Waals surface area (Å²) >= 11 is 0. The molecule has 0 aromatic carbocycles. The molecule has 0 aliphatic carbocycles. The first-order valence-electron chi connectivity index (χ1n) is 3.64. The second kappa shape index (κ2) is 4.20. The highest BCUT2D eigenvalue weighted by atomic mass is 16.3. The van der Waals surface area contributed by atoms with Gasteiger partial charge in [-0.05, 0) is 19.8 Å². The van der Waals surface area contributed by atoms with Gasteiger partial charge in [-0.2, -0.15) is 4.91 Å². The molecule has 0 saturated heterocycles. The van der Waals surface area contributed by atoms with E-state index >= 15 is 0 Å². The minimum atomic E-state index is -0.406. The van der Waals surface area contributed by atoms with Crippen LogP contribution in [0.25, 0.3) is 0 Å². The lowest BCUT2D eigenvalue weighted by atomic mass is 9.94. The van der Waals surface area contributed by atoms with E-state index in [4.69, 9.17) is 0 Å². The van der Waals surface area contributed by atoms with Crippen LogP contribution in [0.2, 0.25) is 0 Å². The van der Waals surface area contributed by atoms with Gasteiger partial charge in [-0.3, -0.25) is 0 Å². The number of hydrogen-bond donors (Lipinski definition) is 0. The maximum Gasteiger partial charge on any atom is 0.103 e. The Balaban J connectivity index is 3.92. The van der Waals surface area contributed by atoms with Crippen LogP contribution in [0.15, 0.2) is 17.8 Å². The van der Waals surface area contributed by atoms with Crippen LogP contribution in [0.4, 0.5) is 0 Å².